The Morgan fingerprint density at radius 2 is 1.80 bits per heavy atom. The van der Waals surface area contributed by atoms with Gasteiger partial charge in [0.2, 0.25) is 0 Å². The molecule has 0 bridgehead atoms. The van der Waals surface area contributed by atoms with Crippen molar-refractivity contribution in [2.24, 2.45) is 0 Å². The number of aromatic nitrogens is 2. The number of alkyl halides is 3. The van der Waals surface area contributed by atoms with Crippen LogP contribution >= 0.6 is 0 Å². The molecule has 0 radical (unpaired) electrons. The molecule has 1 aromatic carbocycles. The second-order valence-corrected chi connectivity index (χ2v) is 5.45. The zero-order valence-electron chi connectivity index (χ0n) is 13.7. The van der Waals surface area contributed by atoms with E-state index in [-0.39, 0.29) is 11.4 Å². The van der Waals surface area contributed by atoms with Gasteiger partial charge in [-0.15, -0.1) is 0 Å². The average molecular weight is 352 g/mol. The van der Waals surface area contributed by atoms with Crippen molar-refractivity contribution < 1.29 is 18.0 Å². The number of unbranched alkanes of at least 4 members (excludes halogenated alkanes) is 2. The van der Waals surface area contributed by atoms with E-state index >= 15 is 0 Å². The van der Waals surface area contributed by atoms with Crippen LogP contribution in [-0.4, -0.2) is 22.4 Å². The van der Waals surface area contributed by atoms with Crippen LogP contribution in [0.4, 0.5) is 24.7 Å². The Labute approximate surface area is 143 Å². The van der Waals surface area contributed by atoms with Gasteiger partial charge in [-0.2, -0.15) is 13.2 Å². The van der Waals surface area contributed by atoms with Crippen molar-refractivity contribution in [3.05, 3.63) is 47.9 Å². The number of benzene rings is 1. The molecule has 0 fully saturated rings. The standard InChI is InChI=1S/C17H19F3N4O/c1-2-3-4-9-21-15-11-22-14(10-23-15)16(25)24-13-7-5-12(6-8-13)17(18,19)20/h5-8,10-11H,2-4,9H2,1H3,(H,21,23)(H,24,25). The highest BCUT2D eigenvalue weighted by Gasteiger charge is 2.30. The van der Waals surface area contributed by atoms with E-state index in [0.29, 0.717) is 5.82 Å². The van der Waals surface area contributed by atoms with Crippen LogP contribution in [0.1, 0.15) is 42.2 Å². The predicted octanol–water partition coefficient (Wildman–Crippen LogP) is 4.35. The van der Waals surface area contributed by atoms with Crippen molar-refractivity contribution in [1.82, 2.24) is 9.97 Å². The van der Waals surface area contributed by atoms with Crippen LogP contribution in [0.3, 0.4) is 0 Å². The van der Waals surface area contributed by atoms with Gasteiger partial charge in [0.25, 0.3) is 5.91 Å². The highest BCUT2D eigenvalue weighted by atomic mass is 19.4. The average Bonchev–Trinajstić information content (AvgIpc) is 2.59. The van der Waals surface area contributed by atoms with Crippen molar-refractivity contribution in [3.8, 4) is 0 Å². The summed E-state index contributed by atoms with van der Waals surface area (Å²) in [6, 6.07) is 4.20. The van der Waals surface area contributed by atoms with E-state index in [9.17, 15) is 18.0 Å². The molecule has 0 spiro atoms. The van der Waals surface area contributed by atoms with Crippen molar-refractivity contribution in [2.45, 2.75) is 32.4 Å². The molecule has 134 valence electrons. The largest absolute Gasteiger partial charge is 0.416 e. The second kappa shape index (κ2) is 8.46. The SMILES string of the molecule is CCCCCNc1cnc(C(=O)Nc2ccc(C(F)(F)F)cc2)cn1. The van der Waals surface area contributed by atoms with Crippen molar-refractivity contribution in [2.75, 3.05) is 17.2 Å². The van der Waals surface area contributed by atoms with Crippen molar-refractivity contribution >= 4 is 17.4 Å². The van der Waals surface area contributed by atoms with Gasteiger partial charge in [-0.05, 0) is 30.7 Å². The lowest BCUT2D eigenvalue weighted by molar-refractivity contribution is -0.137. The lowest BCUT2D eigenvalue weighted by Crippen LogP contribution is -2.15. The normalized spacial score (nSPS) is 11.2. The number of amides is 1. The summed E-state index contributed by atoms with van der Waals surface area (Å²) >= 11 is 0. The van der Waals surface area contributed by atoms with Gasteiger partial charge in [0.1, 0.15) is 11.5 Å². The molecule has 5 nitrogen and oxygen atoms in total. The van der Waals surface area contributed by atoms with Gasteiger partial charge in [-0.3, -0.25) is 4.79 Å². The Morgan fingerprint density at radius 3 is 2.36 bits per heavy atom. The fourth-order valence-corrected chi connectivity index (χ4v) is 2.07. The number of nitrogens with zero attached hydrogens (tertiary/aromatic N) is 2. The third-order valence-corrected chi connectivity index (χ3v) is 3.44. The van der Waals surface area contributed by atoms with E-state index in [1.807, 2.05) is 0 Å². The summed E-state index contributed by atoms with van der Waals surface area (Å²) in [6.07, 6.45) is 1.63. The number of nitrogens with one attached hydrogen (secondary N) is 2. The quantitative estimate of drug-likeness (QED) is 0.727. The molecule has 0 atom stereocenters. The number of carbonyl (C=O) groups excluding carboxylic acids is 1. The van der Waals surface area contributed by atoms with Gasteiger partial charge in [0.15, 0.2) is 0 Å². The number of hydrogen-bond donors (Lipinski definition) is 2. The second-order valence-electron chi connectivity index (χ2n) is 5.45. The Balaban J connectivity index is 1.92. The molecule has 0 aliphatic carbocycles. The maximum absolute atomic E-state index is 12.5. The van der Waals surface area contributed by atoms with Crippen LogP contribution in [0, 0.1) is 0 Å². The van der Waals surface area contributed by atoms with E-state index in [1.165, 1.54) is 24.5 Å². The monoisotopic (exact) mass is 352 g/mol. The number of anilines is 2. The van der Waals surface area contributed by atoms with Gasteiger partial charge in [0.05, 0.1) is 18.0 Å². The maximum Gasteiger partial charge on any atom is 0.416 e. The summed E-state index contributed by atoms with van der Waals surface area (Å²) in [5, 5.41) is 5.59. The molecule has 1 heterocycles. The van der Waals surface area contributed by atoms with Crippen LogP contribution in [0.5, 0.6) is 0 Å². The summed E-state index contributed by atoms with van der Waals surface area (Å²) in [5.41, 5.74) is -0.440. The van der Waals surface area contributed by atoms with Crippen LogP contribution in [-0.2, 0) is 6.18 Å². The molecular weight excluding hydrogens is 333 g/mol. The van der Waals surface area contributed by atoms with Crippen molar-refractivity contribution in [1.29, 1.82) is 0 Å². The lowest BCUT2D eigenvalue weighted by Gasteiger charge is -2.09. The van der Waals surface area contributed by atoms with Crippen LogP contribution < -0.4 is 10.6 Å². The number of carbonyl (C=O) groups is 1. The highest BCUT2D eigenvalue weighted by molar-refractivity contribution is 6.02. The molecule has 2 N–H and O–H groups in total. The maximum atomic E-state index is 12.5. The van der Waals surface area contributed by atoms with Crippen LogP contribution in [0.15, 0.2) is 36.7 Å². The summed E-state index contributed by atoms with van der Waals surface area (Å²) in [5.74, 6) is 0.0342. The molecule has 1 aromatic heterocycles. The topological polar surface area (TPSA) is 66.9 Å². The fourth-order valence-electron chi connectivity index (χ4n) is 2.07. The number of hydrogen-bond acceptors (Lipinski definition) is 4. The predicted molar refractivity (Wildman–Crippen MR) is 89.4 cm³/mol. The van der Waals surface area contributed by atoms with Gasteiger partial charge >= 0.3 is 6.18 Å². The molecule has 0 aliphatic rings. The molecule has 1 amide bonds. The third kappa shape index (κ3) is 5.74. The molecule has 25 heavy (non-hydrogen) atoms. The van der Waals surface area contributed by atoms with Crippen molar-refractivity contribution in [3.63, 3.8) is 0 Å². The Morgan fingerprint density at radius 1 is 1.08 bits per heavy atom. The molecule has 2 aromatic rings. The molecular formula is C17H19F3N4O. The zero-order chi connectivity index (χ0) is 18.3. The number of rotatable bonds is 7. The third-order valence-electron chi connectivity index (χ3n) is 3.44. The molecule has 8 heteroatoms. The minimum atomic E-state index is -4.41. The van der Waals surface area contributed by atoms with Gasteiger partial charge in [-0.1, -0.05) is 19.8 Å². The Hall–Kier alpha value is -2.64. The van der Waals surface area contributed by atoms with Gasteiger partial charge in [-0.25, -0.2) is 9.97 Å². The minimum absolute atomic E-state index is 0.0824. The summed E-state index contributed by atoms with van der Waals surface area (Å²) in [4.78, 5) is 20.2. The Bertz CT molecular complexity index is 685. The highest BCUT2D eigenvalue weighted by Crippen LogP contribution is 2.29. The van der Waals surface area contributed by atoms with Gasteiger partial charge in [0, 0.05) is 12.2 Å². The smallest absolute Gasteiger partial charge is 0.369 e. The summed E-state index contributed by atoms with van der Waals surface area (Å²) in [6.45, 7) is 2.89. The molecule has 0 saturated carbocycles. The minimum Gasteiger partial charge on any atom is -0.369 e. The Kier molecular flexibility index (Phi) is 6.32. The van der Waals surface area contributed by atoms with Crippen LogP contribution in [0.25, 0.3) is 0 Å². The zero-order valence-corrected chi connectivity index (χ0v) is 13.7. The molecule has 0 saturated heterocycles. The van der Waals surface area contributed by atoms with Gasteiger partial charge < -0.3 is 10.6 Å². The van der Waals surface area contributed by atoms with E-state index < -0.39 is 17.6 Å². The molecule has 0 unspecified atom stereocenters. The molecule has 2 rings (SSSR count). The first-order chi connectivity index (χ1) is 11.9. The lowest BCUT2D eigenvalue weighted by atomic mass is 10.2. The first-order valence-corrected chi connectivity index (χ1v) is 7.94. The summed E-state index contributed by atoms with van der Waals surface area (Å²) in [7, 11) is 0. The van der Waals surface area contributed by atoms with E-state index in [4.69, 9.17) is 0 Å². The summed E-state index contributed by atoms with van der Waals surface area (Å²) < 4.78 is 37.5. The van der Waals surface area contributed by atoms with E-state index in [0.717, 1.165) is 37.9 Å². The fraction of sp³-hybridized carbons (Fsp3) is 0.353. The van der Waals surface area contributed by atoms with E-state index in [2.05, 4.69) is 27.5 Å². The van der Waals surface area contributed by atoms with E-state index in [1.54, 1.807) is 0 Å². The first-order valence-electron chi connectivity index (χ1n) is 7.94. The first kappa shape index (κ1) is 18.7. The number of halogens is 3. The molecule has 0 aliphatic heterocycles. The van der Waals surface area contributed by atoms with Crippen LogP contribution in [0.2, 0.25) is 0 Å².